The Labute approximate surface area is 187 Å². The van der Waals surface area contributed by atoms with Crippen molar-refractivity contribution in [3.8, 4) is 0 Å². The van der Waals surface area contributed by atoms with Crippen molar-refractivity contribution in [1.29, 1.82) is 0 Å². The highest BCUT2D eigenvalue weighted by Crippen LogP contribution is 2.27. The number of nitrogens with one attached hydrogen (secondary N) is 1. The summed E-state index contributed by atoms with van der Waals surface area (Å²) in [6.07, 6.45) is 6.38. The maximum absolute atomic E-state index is 12.4. The maximum atomic E-state index is 12.4. The summed E-state index contributed by atoms with van der Waals surface area (Å²) in [7, 11) is 3.80. The minimum Gasteiger partial charge on any atom is -0.356 e. The van der Waals surface area contributed by atoms with Crippen LogP contribution >= 0.6 is 11.3 Å². The fourth-order valence-electron chi connectivity index (χ4n) is 4.17. The number of hydrogen-bond acceptors (Lipinski definition) is 5. The standard InChI is InChI=1S/C23H29N5O2S/c1-24-23(27(2)15-20-26-18-11-5-6-12-19(18)31-20)25-13-7-8-14-28-21(29)16-9-3-4-10-17(16)22(28)30/h3-4,9-10H,5-8,11-15H2,1-2H3,(H,24,25). The number of benzene rings is 1. The highest BCUT2D eigenvalue weighted by Gasteiger charge is 2.34. The summed E-state index contributed by atoms with van der Waals surface area (Å²) >= 11 is 1.83. The van der Waals surface area contributed by atoms with Gasteiger partial charge in [-0.15, -0.1) is 11.3 Å². The Morgan fingerprint density at radius 2 is 1.87 bits per heavy atom. The van der Waals surface area contributed by atoms with Gasteiger partial charge >= 0.3 is 0 Å². The third kappa shape index (κ3) is 4.63. The molecule has 1 aliphatic heterocycles. The number of hydrogen-bond donors (Lipinski definition) is 1. The molecule has 0 atom stereocenters. The molecule has 2 aliphatic rings. The number of aliphatic imine (C=N–C) groups is 1. The Kier molecular flexibility index (Phi) is 6.65. The Balaban J connectivity index is 1.21. The van der Waals surface area contributed by atoms with E-state index in [1.54, 1.807) is 31.3 Å². The van der Waals surface area contributed by atoms with Gasteiger partial charge in [0, 0.05) is 32.1 Å². The van der Waals surface area contributed by atoms with Crippen LogP contribution < -0.4 is 5.32 Å². The topological polar surface area (TPSA) is 77.9 Å². The number of aryl methyl sites for hydroxylation is 2. The molecule has 8 heteroatoms. The van der Waals surface area contributed by atoms with Crippen LogP contribution in [-0.4, -0.2) is 59.7 Å². The van der Waals surface area contributed by atoms with Crippen LogP contribution in [0.4, 0.5) is 0 Å². The Morgan fingerprint density at radius 3 is 2.55 bits per heavy atom. The van der Waals surface area contributed by atoms with Crippen LogP contribution in [0.25, 0.3) is 0 Å². The van der Waals surface area contributed by atoms with E-state index in [-0.39, 0.29) is 11.8 Å². The largest absolute Gasteiger partial charge is 0.356 e. The van der Waals surface area contributed by atoms with Gasteiger partial charge < -0.3 is 10.2 Å². The molecule has 0 fully saturated rings. The second-order valence-corrected chi connectivity index (χ2v) is 9.20. The molecule has 1 aliphatic carbocycles. The summed E-state index contributed by atoms with van der Waals surface area (Å²) in [5.41, 5.74) is 2.31. The van der Waals surface area contributed by atoms with Gasteiger partial charge in [0.2, 0.25) is 0 Å². The number of aromatic nitrogens is 1. The number of amides is 2. The van der Waals surface area contributed by atoms with Gasteiger partial charge in [0.25, 0.3) is 11.8 Å². The molecule has 0 saturated heterocycles. The number of thiazole rings is 1. The van der Waals surface area contributed by atoms with E-state index >= 15 is 0 Å². The third-order valence-electron chi connectivity index (χ3n) is 5.81. The summed E-state index contributed by atoms with van der Waals surface area (Å²) in [5.74, 6) is 0.458. The van der Waals surface area contributed by atoms with Crippen molar-refractivity contribution in [2.24, 2.45) is 4.99 Å². The molecule has 7 nitrogen and oxygen atoms in total. The van der Waals surface area contributed by atoms with Crippen molar-refractivity contribution in [1.82, 2.24) is 20.1 Å². The second kappa shape index (κ2) is 9.60. The average molecular weight is 440 g/mol. The zero-order chi connectivity index (χ0) is 21.8. The molecule has 2 aromatic rings. The molecule has 0 bridgehead atoms. The van der Waals surface area contributed by atoms with E-state index in [1.165, 1.54) is 28.3 Å². The van der Waals surface area contributed by atoms with Gasteiger partial charge in [-0.1, -0.05) is 12.1 Å². The van der Waals surface area contributed by atoms with E-state index in [0.717, 1.165) is 49.7 Å². The smallest absolute Gasteiger partial charge is 0.261 e. The molecule has 31 heavy (non-hydrogen) atoms. The van der Waals surface area contributed by atoms with Gasteiger partial charge in [-0.25, -0.2) is 4.98 Å². The molecule has 2 amide bonds. The van der Waals surface area contributed by atoms with Gasteiger partial charge in [-0.2, -0.15) is 0 Å². The highest BCUT2D eigenvalue weighted by atomic mass is 32.1. The number of unbranched alkanes of at least 4 members (excludes halogenated alkanes) is 1. The lowest BCUT2D eigenvalue weighted by molar-refractivity contribution is 0.0652. The molecule has 2 heterocycles. The van der Waals surface area contributed by atoms with Crippen LogP contribution in [0.1, 0.15) is 62.0 Å². The first-order valence-corrected chi connectivity index (χ1v) is 11.7. The first-order chi connectivity index (χ1) is 15.1. The van der Waals surface area contributed by atoms with Gasteiger partial charge in [-0.3, -0.25) is 19.5 Å². The van der Waals surface area contributed by atoms with E-state index in [9.17, 15) is 9.59 Å². The van der Waals surface area contributed by atoms with Crippen molar-refractivity contribution in [3.63, 3.8) is 0 Å². The number of carbonyl (C=O) groups is 2. The quantitative estimate of drug-likeness (QED) is 0.310. The van der Waals surface area contributed by atoms with E-state index in [2.05, 4.69) is 15.2 Å². The predicted octanol–water partition coefficient (Wildman–Crippen LogP) is 3.11. The summed E-state index contributed by atoms with van der Waals surface area (Å²) in [4.78, 5) is 38.9. The third-order valence-corrected chi connectivity index (χ3v) is 6.95. The zero-order valence-corrected chi connectivity index (χ0v) is 19.0. The molecule has 0 radical (unpaired) electrons. The number of imide groups is 1. The number of nitrogens with zero attached hydrogens (tertiary/aromatic N) is 4. The first-order valence-electron chi connectivity index (χ1n) is 10.9. The minimum atomic E-state index is -0.185. The first kappa shape index (κ1) is 21.5. The van der Waals surface area contributed by atoms with Crippen molar-refractivity contribution in [2.45, 2.75) is 45.1 Å². The number of fused-ring (bicyclic) bond motifs is 2. The van der Waals surface area contributed by atoms with E-state index in [0.29, 0.717) is 17.7 Å². The van der Waals surface area contributed by atoms with E-state index in [4.69, 9.17) is 4.98 Å². The molecule has 0 saturated carbocycles. The van der Waals surface area contributed by atoms with Gasteiger partial charge in [0.1, 0.15) is 5.01 Å². The zero-order valence-electron chi connectivity index (χ0n) is 18.2. The summed E-state index contributed by atoms with van der Waals surface area (Å²) in [5, 5.41) is 4.52. The molecule has 4 rings (SSSR count). The van der Waals surface area contributed by atoms with Crippen LogP contribution in [-0.2, 0) is 19.4 Å². The van der Waals surface area contributed by atoms with Crippen LogP contribution in [0.3, 0.4) is 0 Å². The summed E-state index contributed by atoms with van der Waals surface area (Å²) < 4.78 is 0. The fourth-order valence-corrected chi connectivity index (χ4v) is 5.38. The van der Waals surface area contributed by atoms with Crippen LogP contribution in [0, 0.1) is 0 Å². The van der Waals surface area contributed by atoms with Crippen LogP contribution in [0.15, 0.2) is 29.3 Å². The number of rotatable bonds is 7. The minimum absolute atomic E-state index is 0.185. The molecular weight excluding hydrogens is 410 g/mol. The normalized spacial score (nSPS) is 15.8. The summed E-state index contributed by atoms with van der Waals surface area (Å²) in [6.45, 7) is 1.91. The van der Waals surface area contributed by atoms with Crippen LogP contribution in [0.5, 0.6) is 0 Å². The number of carbonyl (C=O) groups excluding carboxylic acids is 2. The molecule has 1 N–H and O–H groups in total. The lowest BCUT2D eigenvalue weighted by atomic mass is 10.0. The Bertz CT molecular complexity index is 941. The Hall–Kier alpha value is -2.74. The molecule has 0 spiro atoms. The lowest BCUT2D eigenvalue weighted by Crippen LogP contribution is -2.39. The molecule has 0 unspecified atom stereocenters. The van der Waals surface area contributed by atoms with E-state index < -0.39 is 0 Å². The highest BCUT2D eigenvalue weighted by molar-refractivity contribution is 7.11. The van der Waals surface area contributed by atoms with E-state index in [1.807, 2.05) is 18.4 Å². The van der Waals surface area contributed by atoms with Crippen molar-refractivity contribution in [3.05, 3.63) is 51.0 Å². The van der Waals surface area contributed by atoms with Crippen molar-refractivity contribution < 1.29 is 9.59 Å². The lowest BCUT2D eigenvalue weighted by Gasteiger charge is -2.21. The fraction of sp³-hybridized carbons (Fsp3) is 0.478. The Morgan fingerprint density at radius 1 is 1.16 bits per heavy atom. The van der Waals surface area contributed by atoms with Crippen molar-refractivity contribution >= 4 is 29.1 Å². The van der Waals surface area contributed by atoms with Gasteiger partial charge in [0.15, 0.2) is 5.96 Å². The molecule has 1 aromatic heterocycles. The second-order valence-electron chi connectivity index (χ2n) is 8.03. The van der Waals surface area contributed by atoms with Crippen LogP contribution in [0.2, 0.25) is 0 Å². The van der Waals surface area contributed by atoms with Crippen molar-refractivity contribution in [2.75, 3.05) is 27.2 Å². The average Bonchev–Trinajstić information content (AvgIpc) is 3.29. The van der Waals surface area contributed by atoms with Gasteiger partial charge in [-0.05, 0) is 50.7 Å². The molecule has 1 aromatic carbocycles. The molecule has 164 valence electrons. The predicted molar refractivity (Wildman–Crippen MR) is 123 cm³/mol. The number of guanidine groups is 1. The van der Waals surface area contributed by atoms with Gasteiger partial charge in [0.05, 0.1) is 23.4 Å². The molecular formula is C23H29N5O2S. The summed E-state index contributed by atoms with van der Waals surface area (Å²) in [6, 6.07) is 7.02. The monoisotopic (exact) mass is 439 g/mol. The SMILES string of the molecule is CN=C(NCCCCN1C(=O)c2ccccc2C1=O)N(C)Cc1nc2c(s1)CCCC2. The maximum Gasteiger partial charge on any atom is 0.261 e.